The van der Waals surface area contributed by atoms with Gasteiger partial charge in [-0.1, -0.05) is 29.8 Å². The van der Waals surface area contributed by atoms with E-state index < -0.39 is 0 Å². The Morgan fingerprint density at radius 2 is 1.79 bits per heavy atom. The SMILES string of the molecule is Cc1ccc(CCC(=O)c2c(C)cc[nH]c2=O)cc1. The van der Waals surface area contributed by atoms with Crippen molar-refractivity contribution in [2.24, 2.45) is 0 Å². The van der Waals surface area contributed by atoms with Crippen LogP contribution < -0.4 is 5.56 Å². The predicted octanol–water partition coefficient (Wildman–Crippen LogP) is 2.81. The van der Waals surface area contributed by atoms with Crippen LogP contribution in [-0.4, -0.2) is 10.8 Å². The number of aryl methyl sites for hydroxylation is 3. The predicted molar refractivity (Wildman–Crippen MR) is 75.6 cm³/mol. The van der Waals surface area contributed by atoms with Crippen LogP contribution >= 0.6 is 0 Å². The van der Waals surface area contributed by atoms with E-state index in [1.54, 1.807) is 19.2 Å². The van der Waals surface area contributed by atoms with Gasteiger partial charge < -0.3 is 4.98 Å². The van der Waals surface area contributed by atoms with Gasteiger partial charge in [0.1, 0.15) is 0 Å². The average Bonchev–Trinajstić information content (AvgIpc) is 2.38. The molecule has 0 saturated heterocycles. The summed E-state index contributed by atoms with van der Waals surface area (Å²) in [6.45, 7) is 3.82. The minimum absolute atomic E-state index is 0.0973. The Morgan fingerprint density at radius 3 is 2.42 bits per heavy atom. The first kappa shape index (κ1) is 13.3. The van der Waals surface area contributed by atoms with E-state index in [9.17, 15) is 9.59 Å². The van der Waals surface area contributed by atoms with E-state index in [1.807, 2.05) is 31.2 Å². The van der Waals surface area contributed by atoms with Crippen LogP contribution in [0.3, 0.4) is 0 Å². The summed E-state index contributed by atoms with van der Waals surface area (Å²) in [7, 11) is 0. The first-order valence-corrected chi connectivity index (χ1v) is 6.35. The topological polar surface area (TPSA) is 49.9 Å². The highest BCUT2D eigenvalue weighted by molar-refractivity contribution is 5.97. The molecule has 1 heterocycles. The Bertz CT molecular complexity index is 639. The number of rotatable bonds is 4. The molecule has 0 atom stereocenters. The second kappa shape index (κ2) is 5.65. The van der Waals surface area contributed by atoms with Crippen LogP contribution in [-0.2, 0) is 6.42 Å². The molecule has 0 aliphatic heterocycles. The molecule has 1 aromatic heterocycles. The lowest BCUT2D eigenvalue weighted by Crippen LogP contribution is -2.19. The van der Waals surface area contributed by atoms with Gasteiger partial charge in [-0.2, -0.15) is 0 Å². The number of H-pyrrole nitrogens is 1. The Labute approximate surface area is 112 Å². The zero-order chi connectivity index (χ0) is 13.8. The molecular weight excluding hydrogens is 238 g/mol. The number of hydrogen-bond acceptors (Lipinski definition) is 2. The van der Waals surface area contributed by atoms with Crippen molar-refractivity contribution in [2.45, 2.75) is 26.7 Å². The van der Waals surface area contributed by atoms with Crippen molar-refractivity contribution in [3.05, 3.63) is 69.1 Å². The largest absolute Gasteiger partial charge is 0.328 e. The number of pyridine rings is 1. The molecule has 0 aliphatic carbocycles. The van der Waals surface area contributed by atoms with Gasteiger partial charge in [-0.25, -0.2) is 0 Å². The molecule has 0 bridgehead atoms. The summed E-state index contributed by atoms with van der Waals surface area (Å²) in [5, 5.41) is 0. The second-order valence-electron chi connectivity index (χ2n) is 4.77. The van der Waals surface area contributed by atoms with Gasteiger partial charge in [0.15, 0.2) is 5.78 Å². The maximum absolute atomic E-state index is 12.1. The maximum atomic E-state index is 12.1. The van der Waals surface area contributed by atoms with Gasteiger partial charge in [0.25, 0.3) is 5.56 Å². The summed E-state index contributed by atoms with van der Waals surface area (Å²) in [6.07, 6.45) is 2.58. The molecule has 3 heteroatoms. The minimum atomic E-state index is -0.297. The van der Waals surface area contributed by atoms with E-state index in [0.29, 0.717) is 12.8 Å². The Morgan fingerprint density at radius 1 is 1.11 bits per heavy atom. The summed E-state index contributed by atoms with van der Waals surface area (Å²) in [5.74, 6) is -0.0973. The third-order valence-corrected chi connectivity index (χ3v) is 3.21. The van der Waals surface area contributed by atoms with E-state index in [-0.39, 0.29) is 16.9 Å². The average molecular weight is 255 g/mol. The highest BCUT2D eigenvalue weighted by Gasteiger charge is 2.13. The summed E-state index contributed by atoms with van der Waals surface area (Å²) < 4.78 is 0. The molecule has 98 valence electrons. The van der Waals surface area contributed by atoms with Crippen molar-refractivity contribution in [1.82, 2.24) is 4.98 Å². The molecule has 0 amide bonds. The molecule has 0 unspecified atom stereocenters. The van der Waals surface area contributed by atoms with Crippen molar-refractivity contribution in [2.75, 3.05) is 0 Å². The smallest absolute Gasteiger partial charge is 0.259 e. The summed E-state index contributed by atoms with van der Waals surface area (Å²) in [5.41, 5.74) is 3.04. The monoisotopic (exact) mass is 255 g/mol. The fourth-order valence-electron chi connectivity index (χ4n) is 2.06. The van der Waals surface area contributed by atoms with Crippen LogP contribution in [0.15, 0.2) is 41.3 Å². The Kier molecular flexibility index (Phi) is 3.95. The third-order valence-electron chi connectivity index (χ3n) is 3.21. The molecule has 1 N–H and O–H groups in total. The van der Waals surface area contributed by atoms with Gasteiger partial charge in [-0.05, 0) is 37.5 Å². The third kappa shape index (κ3) is 3.19. The van der Waals surface area contributed by atoms with Crippen LogP contribution in [0.5, 0.6) is 0 Å². The van der Waals surface area contributed by atoms with E-state index >= 15 is 0 Å². The number of Topliss-reactive ketones (excluding diaryl/α,β-unsaturated/α-hetero) is 1. The van der Waals surface area contributed by atoms with Crippen LogP contribution in [0.2, 0.25) is 0 Å². The normalized spacial score (nSPS) is 10.4. The van der Waals surface area contributed by atoms with Gasteiger partial charge >= 0.3 is 0 Å². The number of carbonyl (C=O) groups is 1. The number of aromatic amines is 1. The fourth-order valence-corrected chi connectivity index (χ4v) is 2.06. The van der Waals surface area contributed by atoms with Crippen LogP contribution in [0.25, 0.3) is 0 Å². The number of hydrogen-bond donors (Lipinski definition) is 1. The zero-order valence-electron chi connectivity index (χ0n) is 11.2. The minimum Gasteiger partial charge on any atom is -0.328 e. The summed E-state index contributed by atoms with van der Waals surface area (Å²) >= 11 is 0. The van der Waals surface area contributed by atoms with Crippen molar-refractivity contribution >= 4 is 5.78 Å². The molecule has 0 spiro atoms. The van der Waals surface area contributed by atoms with Gasteiger partial charge in [-0.15, -0.1) is 0 Å². The number of ketones is 1. The van der Waals surface area contributed by atoms with Crippen molar-refractivity contribution < 1.29 is 4.79 Å². The number of aromatic nitrogens is 1. The quantitative estimate of drug-likeness (QED) is 0.854. The molecule has 1 aromatic carbocycles. The first-order valence-electron chi connectivity index (χ1n) is 6.35. The van der Waals surface area contributed by atoms with Crippen LogP contribution in [0, 0.1) is 13.8 Å². The molecule has 19 heavy (non-hydrogen) atoms. The van der Waals surface area contributed by atoms with Gasteiger partial charge in [0.05, 0.1) is 5.56 Å². The van der Waals surface area contributed by atoms with Gasteiger partial charge in [0, 0.05) is 12.6 Å². The molecule has 0 fully saturated rings. The molecule has 2 rings (SSSR count). The van der Waals surface area contributed by atoms with Crippen LogP contribution in [0.4, 0.5) is 0 Å². The highest BCUT2D eigenvalue weighted by atomic mass is 16.1. The van der Waals surface area contributed by atoms with E-state index in [4.69, 9.17) is 0 Å². The molecular formula is C16H17NO2. The number of benzene rings is 1. The molecule has 0 radical (unpaired) electrons. The molecule has 2 aromatic rings. The van der Waals surface area contributed by atoms with Gasteiger partial charge in [0.2, 0.25) is 0 Å². The first-order chi connectivity index (χ1) is 9.08. The standard InChI is InChI=1S/C16H17NO2/c1-11-3-5-13(6-4-11)7-8-14(18)15-12(2)9-10-17-16(15)19/h3-6,9-10H,7-8H2,1-2H3,(H,17,19). The second-order valence-corrected chi connectivity index (χ2v) is 4.77. The Hall–Kier alpha value is -2.16. The number of nitrogens with one attached hydrogen (secondary N) is 1. The van der Waals surface area contributed by atoms with E-state index in [0.717, 1.165) is 11.1 Å². The van der Waals surface area contributed by atoms with Gasteiger partial charge in [-0.3, -0.25) is 9.59 Å². The lowest BCUT2D eigenvalue weighted by Gasteiger charge is -2.04. The lowest BCUT2D eigenvalue weighted by atomic mass is 10.0. The van der Waals surface area contributed by atoms with Crippen molar-refractivity contribution in [3.8, 4) is 0 Å². The molecule has 0 saturated carbocycles. The maximum Gasteiger partial charge on any atom is 0.259 e. The summed E-state index contributed by atoms with van der Waals surface area (Å²) in [6, 6.07) is 9.84. The molecule has 3 nitrogen and oxygen atoms in total. The number of carbonyl (C=O) groups excluding carboxylic acids is 1. The molecule has 0 aliphatic rings. The van der Waals surface area contributed by atoms with Crippen molar-refractivity contribution in [3.63, 3.8) is 0 Å². The van der Waals surface area contributed by atoms with Crippen LogP contribution in [0.1, 0.15) is 33.5 Å². The van der Waals surface area contributed by atoms with E-state index in [2.05, 4.69) is 4.98 Å². The lowest BCUT2D eigenvalue weighted by molar-refractivity contribution is 0.0981. The highest BCUT2D eigenvalue weighted by Crippen LogP contribution is 2.10. The zero-order valence-corrected chi connectivity index (χ0v) is 11.2. The van der Waals surface area contributed by atoms with Crippen molar-refractivity contribution in [1.29, 1.82) is 0 Å². The Balaban J connectivity index is 2.10. The summed E-state index contributed by atoms with van der Waals surface area (Å²) in [4.78, 5) is 26.3. The van der Waals surface area contributed by atoms with E-state index in [1.165, 1.54) is 5.56 Å². The fraction of sp³-hybridized carbons (Fsp3) is 0.250.